The van der Waals surface area contributed by atoms with Crippen molar-refractivity contribution in [2.24, 2.45) is 0 Å². The summed E-state index contributed by atoms with van der Waals surface area (Å²) in [7, 11) is 0. The second-order valence-electron chi connectivity index (χ2n) is 2.84. The molecular formula is C9H9ClOS. The van der Waals surface area contributed by atoms with Gasteiger partial charge in [-0.05, 0) is 30.2 Å². The second kappa shape index (κ2) is 3.29. The standard InChI is InChI=1S/C9H9ClOS/c10-6-1-2-9-7(5-6)8(11)3-4-12-9/h1-2,5,8,11H,3-4H2/t8-/m1/s1. The zero-order valence-corrected chi connectivity index (χ0v) is 8.03. The molecule has 0 aromatic heterocycles. The highest BCUT2D eigenvalue weighted by Gasteiger charge is 2.17. The van der Waals surface area contributed by atoms with Crippen LogP contribution in [0.2, 0.25) is 5.02 Å². The Morgan fingerprint density at radius 1 is 1.50 bits per heavy atom. The summed E-state index contributed by atoms with van der Waals surface area (Å²) in [4.78, 5) is 1.16. The second-order valence-corrected chi connectivity index (χ2v) is 4.41. The zero-order valence-electron chi connectivity index (χ0n) is 6.46. The molecule has 1 aliphatic rings. The van der Waals surface area contributed by atoms with Crippen LogP contribution in [0.1, 0.15) is 18.1 Å². The van der Waals surface area contributed by atoms with E-state index in [2.05, 4.69) is 0 Å². The number of aliphatic hydroxyl groups excluding tert-OH is 1. The highest BCUT2D eigenvalue weighted by atomic mass is 35.5. The van der Waals surface area contributed by atoms with Crippen LogP contribution in [0.3, 0.4) is 0 Å². The minimum atomic E-state index is -0.319. The zero-order chi connectivity index (χ0) is 8.55. The van der Waals surface area contributed by atoms with Gasteiger partial charge in [0.25, 0.3) is 0 Å². The number of benzene rings is 1. The Labute approximate surface area is 80.7 Å². The summed E-state index contributed by atoms with van der Waals surface area (Å²) < 4.78 is 0. The SMILES string of the molecule is O[C@@H]1CCSc2ccc(Cl)cc21. The van der Waals surface area contributed by atoms with Gasteiger partial charge in [-0.1, -0.05) is 11.6 Å². The van der Waals surface area contributed by atoms with Crippen LogP contribution in [0.15, 0.2) is 23.1 Å². The average molecular weight is 201 g/mol. The Morgan fingerprint density at radius 2 is 2.33 bits per heavy atom. The number of fused-ring (bicyclic) bond motifs is 1. The monoisotopic (exact) mass is 200 g/mol. The lowest BCUT2D eigenvalue weighted by Crippen LogP contribution is -2.05. The minimum absolute atomic E-state index is 0.319. The van der Waals surface area contributed by atoms with E-state index in [0.717, 1.165) is 22.6 Å². The molecule has 0 bridgehead atoms. The summed E-state index contributed by atoms with van der Waals surface area (Å²) in [6, 6.07) is 5.70. The highest BCUT2D eigenvalue weighted by molar-refractivity contribution is 7.99. The Balaban J connectivity index is 2.47. The van der Waals surface area contributed by atoms with Crippen LogP contribution in [-0.2, 0) is 0 Å². The molecule has 0 unspecified atom stereocenters. The fraction of sp³-hybridized carbons (Fsp3) is 0.333. The Morgan fingerprint density at radius 3 is 3.17 bits per heavy atom. The van der Waals surface area contributed by atoms with Gasteiger partial charge in [-0.2, -0.15) is 0 Å². The molecule has 0 aliphatic carbocycles. The van der Waals surface area contributed by atoms with Crippen molar-refractivity contribution >= 4 is 23.4 Å². The van der Waals surface area contributed by atoms with Crippen LogP contribution < -0.4 is 0 Å². The van der Waals surface area contributed by atoms with Gasteiger partial charge in [-0.25, -0.2) is 0 Å². The average Bonchev–Trinajstić information content (AvgIpc) is 2.07. The molecule has 1 aromatic carbocycles. The molecule has 64 valence electrons. The largest absolute Gasteiger partial charge is 0.388 e. The van der Waals surface area contributed by atoms with E-state index < -0.39 is 0 Å². The Hall–Kier alpha value is -0.180. The molecule has 1 atom stereocenters. The fourth-order valence-corrected chi connectivity index (χ4v) is 2.61. The summed E-state index contributed by atoms with van der Waals surface area (Å²) in [5, 5.41) is 10.3. The van der Waals surface area contributed by atoms with Crippen LogP contribution >= 0.6 is 23.4 Å². The van der Waals surface area contributed by atoms with Crippen LogP contribution in [0.5, 0.6) is 0 Å². The van der Waals surface area contributed by atoms with Gasteiger partial charge < -0.3 is 5.11 Å². The maximum Gasteiger partial charge on any atom is 0.0809 e. The maximum atomic E-state index is 9.61. The third kappa shape index (κ3) is 1.47. The Bertz CT molecular complexity index is 301. The summed E-state index contributed by atoms with van der Waals surface area (Å²) in [6.45, 7) is 0. The van der Waals surface area contributed by atoms with E-state index in [1.807, 2.05) is 18.2 Å². The molecule has 0 saturated carbocycles. The first-order valence-corrected chi connectivity index (χ1v) is 5.24. The van der Waals surface area contributed by atoms with Crippen LogP contribution in [0.25, 0.3) is 0 Å². The molecule has 0 radical (unpaired) electrons. The number of hydrogen-bond donors (Lipinski definition) is 1. The van der Waals surface area contributed by atoms with E-state index in [1.54, 1.807) is 11.8 Å². The third-order valence-corrected chi connectivity index (χ3v) is 3.34. The van der Waals surface area contributed by atoms with Crippen molar-refractivity contribution in [2.75, 3.05) is 5.75 Å². The molecule has 0 amide bonds. The Kier molecular flexibility index (Phi) is 2.31. The normalized spacial score (nSPS) is 22.0. The van der Waals surface area contributed by atoms with Gasteiger partial charge >= 0.3 is 0 Å². The number of thioether (sulfide) groups is 1. The summed E-state index contributed by atoms with van der Waals surface area (Å²) >= 11 is 7.60. The van der Waals surface area contributed by atoms with Gasteiger partial charge in [0.1, 0.15) is 0 Å². The highest BCUT2D eigenvalue weighted by Crippen LogP contribution is 2.37. The molecular weight excluding hydrogens is 192 g/mol. The van der Waals surface area contributed by atoms with Gasteiger partial charge in [0, 0.05) is 15.7 Å². The van der Waals surface area contributed by atoms with E-state index in [0.29, 0.717) is 5.02 Å². The van der Waals surface area contributed by atoms with Gasteiger partial charge in [0.2, 0.25) is 0 Å². The molecule has 0 saturated heterocycles. The topological polar surface area (TPSA) is 20.2 Å². The molecule has 1 aromatic rings. The van der Waals surface area contributed by atoms with Crippen LogP contribution in [0.4, 0.5) is 0 Å². The fourth-order valence-electron chi connectivity index (χ4n) is 1.35. The lowest BCUT2D eigenvalue weighted by Gasteiger charge is -2.20. The smallest absolute Gasteiger partial charge is 0.0809 e. The van der Waals surface area contributed by atoms with Gasteiger partial charge in [-0.15, -0.1) is 11.8 Å². The molecule has 1 nitrogen and oxygen atoms in total. The lowest BCUT2D eigenvalue weighted by atomic mass is 10.1. The van der Waals surface area contributed by atoms with Crippen molar-refractivity contribution in [2.45, 2.75) is 17.4 Å². The van der Waals surface area contributed by atoms with E-state index in [-0.39, 0.29) is 6.10 Å². The summed E-state index contributed by atoms with van der Waals surface area (Å²) in [6.07, 6.45) is 0.512. The van der Waals surface area contributed by atoms with Crippen molar-refractivity contribution in [1.29, 1.82) is 0 Å². The molecule has 1 N–H and O–H groups in total. The van der Waals surface area contributed by atoms with E-state index in [1.165, 1.54) is 0 Å². The lowest BCUT2D eigenvalue weighted by molar-refractivity contribution is 0.170. The van der Waals surface area contributed by atoms with Crippen LogP contribution in [0, 0.1) is 0 Å². The van der Waals surface area contributed by atoms with E-state index >= 15 is 0 Å². The molecule has 1 aliphatic heterocycles. The molecule has 12 heavy (non-hydrogen) atoms. The number of rotatable bonds is 0. The first-order valence-electron chi connectivity index (χ1n) is 3.87. The van der Waals surface area contributed by atoms with Crippen molar-refractivity contribution < 1.29 is 5.11 Å². The van der Waals surface area contributed by atoms with E-state index in [9.17, 15) is 5.11 Å². The summed E-state index contributed by atoms with van der Waals surface area (Å²) in [5.74, 6) is 0.996. The molecule has 2 rings (SSSR count). The van der Waals surface area contributed by atoms with Gasteiger partial charge in [-0.3, -0.25) is 0 Å². The molecule has 0 fully saturated rings. The van der Waals surface area contributed by atoms with Crippen molar-refractivity contribution in [3.8, 4) is 0 Å². The maximum absolute atomic E-state index is 9.61. The van der Waals surface area contributed by atoms with Crippen molar-refractivity contribution in [1.82, 2.24) is 0 Å². The van der Waals surface area contributed by atoms with Crippen LogP contribution in [-0.4, -0.2) is 10.9 Å². The first kappa shape index (κ1) is 8.42. The van der Waals surface area contributed by atoms with Gasteiger partial charge in [0.05, 0.1) is 6.10 Å². The predicted octanol–water partition coefficient (Wildman–Crippen LogP) is 2.87. The van der Waals surface area contributed by atoms with Crippen molar-refractivity contribution in [3.05, 3.63) is 28.8 Å². The first-order chi connectivity index (χ1) is 5.77. The third-order valence-electron chi connectivity index (χ3n) is 1.98. The summed E-state index contributed by atoms with van der Waals surface area (Å²) in [5.41, 5.74) is 0.985. The minimum Gasteiger partial charge on any atom is -0.388 e. The molecule has 3 heteroatoms. The predicted molar refractivity (Wildman–Crippen MR) is 51.8 cm³/mol. The quantitative estimate of drug-likeness (QED) is 0.695. The number of hydrogen-bond acceptors (Lipinski definition) is 2. The van der Waals surface area contributed by atoms with E-state index in [4.69, 9.17) is 11.6 Å². The van der Waals surface area contributed by atoms with Crippen molar-refractivity contribution in [3.63, 3.8) is 0 Å². The molecule has 1 heterocycles. The number of aliphatic hydroxyl groups is 1. The van der Waals surface area contributed by atoms with Gasteiger partial charge in [0.15, 0.2) is 0 Å². The number of halogens is 1. The molecule has 0 spiro atoms.